The van der Waals surface area contributed by atoms with Crippen molar-refractivity contribution >= 4 is 5.69 Å². The standard InChI is InChI=1S/C17H16N2O2/c1-20-17-14(9-5-11-18-17)19-16(15-10-6-12-21-15)13-7-3-2-4-8-13/h2-12,16,19H,1H3. The van der Waals surface area contributed by atoms with Crippen molar-refractivity contribution in [2.24, 2.45) is 0 Å². The highest BCUT2D eigenvalue weighted by molar-refractivity contribution is 5.55. The number of benzene rings is 1. The van der Waals surface area contributed by atoms with Crippen molar-refractivity contribution in [3.63, 3.8) is 0 Å². The molecule has 4 nitrogen and oxygen atoms in total. The number of hydrogen-bond donors (Lipinski definition) is 1. The lowest BCUT2D eigenvalue weighted by atomic mass is 10.0. The van der Waals surface area contributed by atoms with Crippen molar-refractivity contribution in [3.05, 3.63) is 78.4 Å². The van der Waals surface area contributed by atoms with Gasteiger partial charge in [0.2, 0.25) is 5.88 Å². The fourth-order valence-electron chi connectivity index (χ4n) is 2.24. The second-order valence-corrected chi connectivity index (χ2v) is 4.56. The van der Waals surface area contributed by atoms with Crippen LogP contribution < -0.4 is 10.1 Å². The van der Waals surface area contributed by atoms with Crippen LogP contribution >= 0.6 is 0 Å². The van der Waals surface area contributed by atoms with Gasteiger partial charge in [0.25, 0.3) is 0 Å². The van der Waals surface area contributed by atoms with Gasteiger partial charge in [-0.2, -0.15) is 0 Å². The maximum atomic E-state index is 5.57. The highest BCUT2D eigenvalue weighted by Gasteiger charge is 2.18. The molecule has 0 radical (unpaired) electrons. The van der Waals surface area contributed by atoms with Crippen LogP contribution in [-0.4, -0.2) is 12.1 Å². The minimum absolute atomic E-state index is 0.0979. The number of methoxy groups -OCH3 is 1. The molecule has 1 unspecified atom stereocenters. The molecule has 3 aromatic rings. The van der Waals surface area contributed by atoms with Gasteiger partial charge in [-0.05, 0) is 29.8 Å². The van der Waals surface area contributed by atoms with Crippen LogP contribution in [0.15, 0.2) is 71.5 Å². The van der Waals surface area contributed by atoms with Gasteiger partial charge >= 0.3 is 0 Å². The molecule has 0 aliphatic heterocycles. The average Bonchev–Trinajstić information content (AvgIpc) is 3.08. The van der Waals surface area contributed by atoms with E-state index < -0.39 is 0 Å². The van der Waals surface area contributed by atoms with Crippen molar-refractivity contribution in [1.82, 2.24) is 4.98 Å². The molecule has 106 valence electrons. The Bertz CT molecular complexity index is 681. The number of ether oxygens (including phenoxy) is 1. The molecule has 3 rings (SSSR count). The van der Waals surface area contributed by atoms with E-state index in [4.69, 9.17) is 9.15 Å². The largest absolute Gasteiger partial charge is 0.480 e. The molecule has 4 heteroatoms. The van der Waals surface area contributed by atoms with E-state index in [0.29, 0.717) is 5.88 Å². The number of nitrogens with one attached hydrogen (secondary N) is 1. The lowest BCUT2D eigenvalue weighted by molar-refractivity contribution is 0.399. The predicted octanol–water partition coefficient (Wildman–Crippen LogP) is 3.88. The summed E-state index contributed by atoms with van der Waals surface area (Å²) >= 11 is 0. The first-order chi connectivity index (χ1) is 10.4. The maximum Gasteiger partial charge on any atom is 0.237 e. The maximum absolute atomic E-state index is 5.57. The molecule has 21 heavy (non-hydrogen) atoms. The lowest BCUT2D eigenvalue weighted by Gasteiger charge is -2.19. The van der Waals surface area contributed by atoms with Crippen molar-refractivity contribution in [2.45, 2.75) is 6.04 Å². The number of nitrogens with zero attached hydrogens (tertiary/aromatic N) is 1. The second kappa shape index (κ2) is 6.13. The van der Waals surface area contributed by atoms with Crippen molar-refractivity contribution in [1.29, 1.82) is 0 Å². The summed E-state index contributed by atoms with van der Waals surface area (Å²) in [6, 6.07) is 17.7. The van der Waals surface area contributed by atoms with Crippen LogP contribution in [0.2, 0.25) is 0 Å². The number of aromatic nitrogens is 1. The summed E-state index contributed by atoms with van der Waals surface area (Å²) in [7, 11) is 1.61. The molecule has 0 fully saturated rings. The highest BCUT2D eigenvalue weighted by Crippen LogP contribution is 2.30. The van der Waals surface area contributed by atoms with Gasteiger partial charge in [-0.25, -0.2) is 4.98 Å². The highest BCUT2D eigenvalue weighted by atomic mass is 16.5. The molecular weight excluding hydrogens is 264 g/mol. The molecule has 0 spiro atoms. The molecule has 0 amide bonds. The lowest BCUT2D eigenvalue weighted by Crippen LogP contribution is -2.12. The van der Waals surface area contributed by atoms with Gasteiger partial charge in [0.1, 0.15) is 11.8 Å². The quantitative estimate of drug-likeness (QED) is 0.770. The minimum atomic E-state index is -0.0979. The number of anilines is 1. The zero-order valence-corrected chi connectivity index (χ0v) is 11.7. The third-order valence-corrected chi connectivity index (χ3v) is 3.22. The normalized spacial score (nSPS) is 11.9. The summed E-state index contributed by atoms with van der Waals surface area (Å²) in [6.07, 6.45) is 3.38. The van der Waals surface area contributed by atoms with E-state index in [9.17, 15) is 0 Å². The molecule has 0 aliphatic carbocycles. The molecular formula is C17H16N2O2. The first kappa shape index (κ1) is 13.2. The van der Waals surface area contributed by atoms with Gasteiger partial charge in [-0.15, -0.1) is 0 Å². The van der Waals surface area contributed by atoms with E-state index in [0.717, 1.165) is 17.0 Å². The summed E-state index contributed by atoms with van der Waals surface area (Å²) in [5, 5.41) is 3.44. The Morgan fingerprint density at radius 3 is 2.62 bits per heavy atom. The third kappa shape index (κ3) is 2.89. The van der Waals surface area contributed by atoms with Gasteiger partial charge in [0.15, 0.2) is 0 Å². The van der Waals surface area contributed by atoms with Gasteiger partial charge in [-0.1, -0.05) is 30.3 Å². The van der Waals surface area contributed by atoms with Gasteiger partial charge in [-0.3, -0.25) is 0 Å². The smallest absolute Gasteiger partial charge is 0.237 e. The zero-order valence-electron chi connectivity index (χ0n) is 11.7. The van der Waals surface area contributed by atoms with E-state index in [1.54, 1.807) is 19.6 Å². The molecule has 0 bridgehead atoms. The van der Waals surface area contributed by atoms with Gasteiger partial charge in [0, 0.05) is 6.20 Å². The molecule has 0 aliphatic rings. The molecule has 1 aromatic carbocycles. The van der Waals surface area contributed by atoms with Crippen LogP contribution in [0.4, 0.5) is 5.69 Å². The fraction of sp³-hybridized carbons (Fsp3) is 0.118. The fourth-order valence-corrected chi connectivity index (χ4v) is 2.24. The van der Waals surface area contributed by atoms with Crippen LogP contribution in [0.5, 0.6) is 5.88 Å². The van der Waals surface area contributed by atoms with E-state index in [1.807, 2.05) is 42.5 Å². The van der Waals surface area contributed by atoms with Crippen LogP contribution in [0, 0.1) is 0 Å². The van der Waals surface area contributed by atoms with Crippen LogP contribution in [0.25, 0.3) is 0 Å². The van der Waals surface area contributed by atoms with Crippen LogP contribution in [0.3, 0.4) is 0 Å². The van der Waals surface area contributed by atoms with Crippen molar-refractivity contribution in [3.8, 4) is 5.88 Å². The second-order valence-electron chi connectivity index (χ2n) is 4.56. The Balaban J connectivity index is 1.97. The van der Waals surface area contributed by atoms with Gasteiger partial charge < -0.3 is 14.5 Å². The van der Waals surface area contributed by atoms with E-state index in [-0.39, 0.29) is 6.04 Å². The summed E-state index contributed by atoms with van der Waals surface area (Å²) in [5.41, 5.74) is 1.93. The van der Waals surface area contributed by atoms with Crippen LogP contribution in [0.1, 0.15) is 17.4 Å². The van der Waals surface area contributed by atoms with E-state index in [1.165, 1.54) is 0 Å². The molecule has 2 heterocycles. The number of pyridine rings is 1. The Labute approximate surface area is 123 Å². The number of rotatable bonds is 5. The molecule has 2 aromatic heterocycles. The summed E-state index contributed by atoms with van der Waals surface area (Å²) in [4.78, 5) is 4.21. The molecule has 0 saturated carbocycles. The zero-order chi connectivity index (χ0) is 14.5. The molecule has 1 atom stereocenters. The topological polar surface area (TPSA) is 47.3 Å². The molecule has 0 saturated heterocycles. The summed E-state index contributed by atoms with van der Waals surface area (Å²) in [5.74, 6) is 1.40. The average molecular weight is 280 g/mol. The monoisotopic (exact) mass is 280 g/mol. The van der Waals surface area contributed by atoms with Crippen molar-refractivity contribution in [2.75, 3.05) is 12.4 Å². The SMILES string of the molecule is COc1ncccc1NC(c1ccccc1)c1ccco1. The van der Waals surface area contributed by atoms with E-state index in [2.05, 4.69) is 22.4 Å². The summed E-state index contributed by atoms with van der Waals surface area (Å²) in [6.45, 7) is 0. The van der Waals surface area contributed by atoms with E-state index >= 15 is 0 Å². The third-order valence-electron chi connectivity index (χ3n) is 3.22. The predicted molar refractivity (Wildman–Crippen MR) is 81.4 cm³/mol. The number of hydrogen-bond acceptors (Lipinski definition) is 4. The van der Waals surface area contributed by atoms with Gasteiger partial charge in [0.05, 0.1) is 19.1 Å². The minimum Gasteiger partial charge on any atom is -0.480 e. The van der Waals surface area contributed by atoms with Crippen LogP contribution in [-0.2, 0) is 0 Å². The first-order valence-corrected chi connectivity index (χ1v) is 6.72. The number of furan rings is 1. The Morgan fingerprint density at radius 2 is 1.90 bits per heavy atom. The Kier molecular flexibility index (Phi) is 3.87. The Hall–Kier alpha value is -2.75. The molecule has 1 N–H and O–H groups in total. The first-order valence-electron chi connectivity index (χ1n) is 6.72. The van der Waals surface area contributed by atoms with Crippen molar-refractivity contribution < 1.29 is 9.15 Å². The summed E-state index contributed by atoms with van der Waals surface area (Å²) < 4.78 is 10.9. The Morgan fingerprint density at radius 1 is 1.05 bits per heavy atom.